The van der Waals surface area contributed by atoms with Crippen LogP contribution in [0.4, 0.5) is 0 Å². The molecule has 0 saturated heterocycles. The highest BCUT2D eigenvalue weighted by molar-refractivity contribution is 6.31. The van der Waals surface area contributed by atoms with E-state index in [1.807, 2.05) is 18.2 Å². The van der Waals surface area contributed by atoms with Crippen molar-refractivity contribution in [3.63, 3.8) is 0 Å². The molecule has 2 unspecified atom stereocenters. The quantitative estimate of drug-likeness (QED) is 0.752. The van der Waals surface area contributed by atoms with E-state index in [9.17, 15) is 5.26 Å². The molecule has 2 atom stereocenters. The van der Waals surface area contributed by atoms with E-state index < -0.39 is 0 Å². The number of nitriles is 1. The summed E-state index contributed by atoms with van der Waals surface area (Å²) < 4.78 is 0. The first-order chi connectivity index (χ1) is 8.69. The average molecular weight is 262 g/mol. The van der Waals surface area contributed by atoms with Gasteiger partial charge in [0.25, 0.3) is 0 Å². The number of nitrogens with zero attached hydrogens (tertiary/aromatic N) is 1. The van der Waals surface area contributed by atoms with Gasteiger partial charge in [0.1, 0.15) is 0 Å². The normalized spacial score (nSPS) is 27.7. The first-order valence-electron chi connectivity index (χ1n) is 6.84. The van der Waals surface area contributed by atoms with Crippen molar-refractivity contribution in [3.05, 3.63) is 34.9 Å². The van der Waals surface area contributed by atoms with Crippen molar-refractivity contribution in [1.82, 2.24) is 0 Å². The van der Waals surface area contributed by atoms with Gasteiger partial charge in [0.15, 0.2) is 0 Å². The van der Waals surface area contributed by atoms with Crippen molar-refractivity contribution < 1.29 is 0 Å². The van der Waals surface area contributed by atoms with E-state index in [0.29, 0.717) is 5.92 Å². The SMILES string of the molecule is CCC1CCCC(C#N)(Cc2ccccc2Cl)C1. The molecular weight excluding hydrogens is 242 g/mol. The van der Waals surface area contributed by atoms with Crippen LogP contribution < -0.4 is 0 Å². The van der Waals surface area contributed by atoms with Gasteiger partial charge in [0.05, 0.1) is 11.5 Å². The van der Waals surface area contributed by atoms with E-state index in [4.69, 9.17) is 11.6 Å². The lowest BCUT2D eigenvalue weighted by atomic mass is 9.67. The second kappa shape index (κ2) is 5.76. The highest BCUT2D eigenvalue weighted by atomic mass is 35.5. The van der Waals surface area contributed by atoms with Gasteiger partial charge in [-0.25, -0.2) is 0 Å². The number of benzene rings is 1. The Morgan fingerprint density at radius 3 is 2.89 bits per heavy atom. The van der Waals surface area contributed by atoms with Crippen LogP contribution in [0, 0.1) is 22.7 Å². The summed E-state index contributed by atoms with van der Waals surface area (Å²) in [6.45, 7) is 2.23. The first-order valence-corrected chi connectivity index (χ1v) is 7.21. The Bertz CT molecular complexity index is 449. The number of hydrogen-bond donors (Lipinski definition) is 0. The molecule has 1 nitrogen and oxygen atoms in total. The van der Waals surface area contributed by atoms with Gasteiger partial charge in [-0.05, 0) is 36.8 Å². The molecule has 2 heteroatoms. The van der Waals surface area contributed by atoms with Crippen molar-refractivity contribution in [2.75, 3.05) is 0 Å². The van der Waals surface area contributed by atoms with Crippen molar-refractivity contribution in [2.24, 2.45) is 11.3 Å². The van der Waals surface area contributed by atoms with Gasteiger partial charge in [-0.1, -0.05) is 56.0 Å². The summed E-state index contributed by atoms with van der Waals surface area (Å²) in [5, 5.41) is 10.4. The Morgan fingerprint density at radius 1 is 1.44 bits per heavy atom. The van der Waals surface area contributed by atoms with Gasteiger partial charge in [0.2, 0.25) is 0 Å². The maximum atomic E-state index is 9.61. The van der Waals surface area contributed by atoms with Crippen molar-refractivity contribution in [1.29, 1.82) is 5.26 Å². The van der Waals surface area contributed by atoms with Crippen LogP contribution in [0.25, 0.3) is 0 Å². The van der Waals surface area contributed by atoms with Crippen LogP contribution in [0.3, 0.4) is 0 Å². The van der Waals surface area contributed by atoms with Crippen molar-refractivity contribution in [3.8, 4) is 6.07 Å². The van der Waals surface area contributed by atoms with Gasteiger partial charge >= 0.3 is 0 Å². The Labute approximate surface area is 115 Å². The standard InChI is InChI=1S/C16H20ClN/c1-2-13-6-5-9-16(10-13,12-18)11-14-7-3-4-8-15(14)17/h3-4,7-8,13H,2,5-6,9-11H2,1H3. The van der Waals surface area contributed by atoms with Crippen LogP contribution in [0.5, 0.6) is 0 Å². The molecule has 0 spiro atoms. The van der Waals surface area contributed by atoms with Gasteiger partial charge in [-0.3, -0.25) is 0 Å². The predicted molar refractivity (Wildman–Crippen MR) is 75.5 cm³/mol. The highest BCUT2D eigenvalue weighted by Crippen LogP contribution is 2.43. The van der Waals surface area contributed by atoms with Gasteiger partial charge in [0, 0.05) is 5.02 Å². The molecule has 1 aromatic carbocycles. The fourth-order valence-electron chi connectivity index (χ4n) is 3.14. The largest absolute Gasteiger partial charge is 0.198 e. The summed E-state index contributed by atoms with van der Waals surface area (Å²) in [6, 6.07) is 10.5. The lowest BCUT2D eigenvalue weighted by Crippen LogP contribution is -2.29. The van der Waals surface area contributed by atoms with Gasteiger partial charge < -0.3 is 0 Å². The van der Waals surface area contributed by atoms with E-state index in [2.05, 4.69) is 19.1 Å². The molecule has 0 aliphatic heterocycles. The monoisotopic (exact) mass is 261 g/mol. The molecule has 0 N–H and O–H groups in total. The zero-order chi connectivity index (χ0) is 13.0. The summed E-state index contributed by atoms with van der Waals surface area (Å²) in [4.78, 5) is 0. The lowest BCUT2D eigenvalue weighted by Gasteiger charge is -2.35. The second-order valence-electron chi connectivity index (χ2n) is 5.53. The van der Waals surface area contributed by atoms with Gasteiger partial charge in [-0.2, -0.15) is 5.26 Å². The summed E-state index contributed by atoms with van der Waals surface area (Å²) in [5.74, 6) is 0.709. The van der Waals surface area contributed by atoms with Crippen LogP contribution >= 0.6 is 11.6 Å². The third-order valence-corrected chi connectivity index (χ3v) is 4.62. The number of rotatable bonds is 3. The molecule has 1 aliphatic rings. The molecule has 1 fully saturated rings. The van der Waals surface area contributed by atoms with Crippen LogP contribution in [-0.4, -0.2) is 0 Å². The molecule has 0 amide bonds. The maximum Gasteiger partial charge on any atom is 0.0693 e. The summed E-state index contributed by atoms with van der Waals surface area (Å²) in [5.41, 5.74) is 0.932. The Kier molecular flexibility index (Phi) is 4.30. The summed E-state index contributed by atoms with van der Waals surface area (Å²) >= 11 is 6.22. The van der Waals surface area contributed by atoms with Crippen LogP contribution in [0.15, 0.2) is 24.3 Å². The van der Waals surface area contributed by atoms with Gasteiger partial charge in [-0.15, -0.1) is 0 Å². The van der Waals surface area contributed by atoms with Crippen molar-refractivity contribution >= 4 is 11.6 Å². The molecule has 0 heterocycles. The minimum absolute atomic E-state index is 0.191. The maximum absolute atomic E-state index is 9.61. The second-order valence-corrected chi connectivity index (χ2v) is 5.94. The average Bonchev–Trinajstić information content (AvgIpc) is 2.42. The highest BCUT2D eigenvalue weighted by Gasteiger charge is 2.36. The molecular formula is C16H20ClN. The van der Waals surface area contributed by atoms with Crippen LogP contribution in [0.1, 0.15) is 44.6 Å². The van der Waals surface area contributed by atoms with Crippen molar-refractivity contribution in [2.45, 2.75) is 45.4 Å². The zero-order valence-electron chi connectivity index (χ0n) is 11.0. The molecule has 0 bridgehead atoms. The smallest absolute Gasteiger partial charge is 0.0693 e. The Morgan fingerprint density at radius 2 is 2.22 bits per heavy atom. The number of halogens is 1. The molecule has 1 saturated carbocycles. The Balaban J connectivity index is 2.19. The minimum atomic E-state index is -0.191. The van der Waals surface area contributed by atoms with E-state index in [-0.39, 0.29) is 5.41 Å². The number of hydrogen-bond acceptors (Lipinski definition) is 1. The molecule has 18 heavy (non-hydrogen) atoms. The summed E-state index contributed by atoms with van der Waals surface area (Å²) in [7, 11) is 0. The van der Waals surface area contributed by atoms with E-state index in [1.165, 1.54) is 19.3 Å². The fourth-order valence-corrected chi connectivity index (χ4v) is 3.34. The van der Waals surface area contributed by atoms with Crippen LogP contribution in [0.2, 0.25) is 5.02 Å². The molecule has 1 aromatic rings. The van der Waals surface area contributed by atoms with E-state index in [1.54, 1.807) is 0 Å². The van der Waals surface area contributed by atoms with E-state index in [0.717, 1.165) is 29.8 Å². The third kappa shape index (κ3) is 2.87. The molecule has 96 valence electrons. The Hall–Kier alpha value is -1.00. The zero-order valence-corrected chi connectivity index (χ0v) is 11.7. The lowest BCUT2D eigenvalue weighted by molar-refractivity contribution is 0.194. The van der Waals surface area contributed by atoms with Crippen LogP contribution in [-0.2, 0) is 6.42 Å². The summed E-state index contributed by atoms with van der Waals surface area (Å²) in [6.07, 6.45) is 6.50. The molecule has 1 aliphatic carbocycles. The molecule has 0 radical (unpaired) electrons. The fraction of sp³-hybridized carbons (Fsp3) is 0.562. The third-order valence-electron chi connectivity index (χ3n) is 4.25. The minimum Gasteiger partial charge on any atom is -0.198 e. The predicted octanol–water partition coefficient (Wildman–Crippen LogP) is 4.99. The topological polar surface area (TPSA) is 23.8 Å². The molecule has 0 aromatic heterocycles. The van der Waals surface area contributed by atoms with E-state index >= 15 is 0 Å². The molecule has 2 rings (SSSR count). The first kappa shape index (κ1) is 13.4.